The fourth-order valence-corrected chi connectivity index (χ4v) is 1.80. The largest absolute Gasteiger partial charge is 0.328 e. The Morgan fingerprint density at radius 2 is 2.00 bits per heavy atom. The van der Waals surface area contributed by atoms with Gasteiger partial charge in [0.2, 0.25) is 0 Å². The maximum absolute atomic E-state index is 12.0. The highest BCUT2D eigenvalue weighted by Crippen LogP contribution is 2.09. The Morgan fingerprint density at radius 3 is 2.62 bits per heavy atom. The van der Waals surface area contributed by atoms with Crippen molar-refractivity contribution in [2.24, 2.45) is 0 Å². The summed E-state index contributed by atoms with van der Waals surface area (Å²) in [6, 6.07) is 5.56. The van der Waals surface area contributed by atoms with Crippen LogP contribution >= 0.6 is 0 Å². The normalized spacial score (nSPS) is 10.9. The van der Waals surface area contributed by atoms with Gasteiger partial charge in [0.15, 0.2) is 0 Å². The number of H-pyrrole nitrogens is 1. The number of nitrogens with one attached hydrogen (secondary N) is 1. The highest BCUT2D eigenvalue weighted by atomic mass is 16.2. The lowest BCUT2D eigenvalue weighted by Gasteiger charge is -2.04. The number of hydrogen-bond donors (Lipinski definition) is 1. The number of hydrogen-bond acceptors (Lipinski definition) is 2. The minimum Gasteiger partial charge on any atom is -0.307 e. The van der Waals surface area contributed by atoms with Gasteiger partial charge in [0, 0.05) is 6.54 Å². The predicted molar refractivity (Wildman–Crippen MR) is 63.9 cm³/mol. The van der Waals surface area contributed by atoms with Crippen molar-refractivity contribution in [3.63, 3.8) is 0 Å². The number of aromatic nitrogens is 2. The second kappa shape index (κ2) is 3.96. The molecule has 16 heavy (non-hydrogen) atoms. The number of aromatic amines is 1. The Kier molecular flexibility index (Phi) is 2.64. The van der Waals surface area contributed by atoms with Crippen molar-refractivity contribution >= 4 is 10.9 Å². The molecule has 0 atom stereocenters. The number of nitrogens with zero attached hydrogens (tertiary/aromatic N) is 1. The molecule has 1 aromatic carbocycles. The summed E-state index contributed by atoms with van der Waals surface area (Å²) in [4.78, 5) is 26.2. The van der Waals surface area contributed by atoms with E-state index in [1.807, 2.05) is 19.1 Å². The Balaban J connectivity index is 2.89. The molecule has 0 amide bonds. The number of aryl methyl sites for hydroxylation is 1. The van der Waals surface area contributed by atoms with E-state index in [1.165, 1.54) is 4.57 Å². The Bertz CT molecular complexity index is 637. The van der Waals surface area contributed by atoms with E-state index in [4.69, 9.17) is 0 Å². The molecule has 2 rings (SSSR count). The third kappa shape index (κ3) is 1.56. The SMILES string of the molecule is CCc1ccc2[nH]c(=O)n(CC)c(=O)c2c1. The highest BCUT2D eigenvalue weighted by Gasteiger charge is 2.06. The van der Waals surface area contributed by atoms with Crippen LogP contribution in [0, 0.1) is 0 Å². The fourth-order valence-electron chi connectivity index (χ4n) is 1.80. The maximum Gasteiger partial charge on any atom is 0.328 e. The molecule has 0 unspecified atom stereocenters. The van der Waals surface area contributed by atoms with Gasteiger partial charge in [-0.3, -0.25) is 9.36 Å². The molecule has 0 saturated heterocycles. The van der Waals surface area contributed by atoms with Gasteiger partial charge in [-0.1, -0.05) is 13.0 Å². The molecule has 1 N–H and O–H groups in total. The van der Waals surface area contributed by atoms with Crippen molar-refractivity contribution in [3.8, 4) is 0 Å². The Morgan fingerprint density at radius 1 is 1.25 bits per heavy atom. The van der Waals surface area contributed by atoms with Crippen LogP contribution in [0.25, 0.3) is 10.9 Å². The molecule has 1 aromatic heterocycles. The molecule has 0 bridgehead atoms. The van der Waals surface area contributed by atoms with Crippen LogP contribution in [0.2, 0.25) is 0 Å². The number of benzene rings is 1. The first kappa shape index (κ1) is 10.7. The van der Waals surface area contributed by atoms with Crippen molar-refractivity contribution in [2.45, 2.75) is 26.8 Å². The van der Waals surface area contributed by atoms with Gasteiger partial charge in [0.25, 0.3) is 5.56 Å². The predicted octanol–water partition coefficient (Wildman–Crippen LogP) is 1.27. The first-order valence-electron chi connectivity index (χ1n) is 5.43. The van der Waals surface area contributed by atoms with Gasteiger partial charge in [-0.15, -0.1) is 0 Å². The fraction of sp³-hybridized carbons (Fsp3) is 0.333. The van der Waals surface area contributed by atoms with Crippen molar-refractivity contribution in [1.82, 2.24) is 9.55 Å². The average Bonchev–Trinajstić information content (AvgIpc) is 2.29. The van der Waals surface area contributed by atoms with Crippen LogP contribution in [0.15, 0.2) is 27.8 Å². The van der Waals surface area contributed by atoms with Crippen molar-refractivity contribution < 1.29 is 0 Å². The summed E-state index contributed by atoms with van der Waals surface area (Å²) >= 11 is 0. The molecule has 0 aliphatic carbocycles. The van der Waals surface area contributed by atoms with Crippen LogP contribution in [-0.4, -0.2) is 9.55 Å². The molecule has 2 aromatic rings. The third-order valence-corrected chi connectivity index (χ3v) is 2.77. The van der Waals surface area contributed by atoms with Gasteiger partial charge < -0.3 is 4.98 Å². The summed E-state index contributed by atoms with van der Waals surface area (Å²) in [6.45, 7) is 4.21. The first-order valence-corrected chi connectivity index (χ1v) is 5.43. The zero-order valence-electron chi connectivity index (χ0n) is 9.41. The van der Waals surface area contributed by atoms with E-state index in [-0.39, 0.29) is 11.2 Å². The molecule has 0 fully saturated rings. The molecule has 84 valence electrons. The van der Waals surface area contributed by atoms with Gasteiger partial charge in [0.05, 0.1) is 10.9 Å². The summed E-state index contributed by atoms with van der Waals surface area (Å²) in [6.07, 6.45) is 0.876. The van der Waals surface area contributed by atoms with Gasteiger partial charge in [-0.05, 0) is 31.0 Å². The molecule has 0 aliphatic heterocycles. The van der Waals surface area contributed by atoms with E-state index < -0.39 is 0 Å². The lowest BCUT2D eigenvalue weighted by atomic mass is 10.1. The summed E-state index contributed by atoms with van der Waals surface area (Å²) in [5.41, 5.74) is 1.15. The summed E-state index contributed by atoms with van der Waals surface area (Å²) in [5.74, 6) is 0. The zero-order chi connectivity index (χ0) is 11.7. The standard InChI is InChI=1S/C12H14N2O2/c1-3-8-5-6-10-9(7-8)11(15)14(4-2)12(16)13-10/h5-7H,3-4H2,1-2H3,(H,13,16). The van der Waals surface area contributed by atoms with Crippen molar-refractivity contribution in [2.75, 3.05) is 0 Å². The van der Waals surface area contributed by atoms with Gasteiger partial charge in [-0.2, -0.15) is 0 Å². The second-order valence-electron chi connectivity index (χ2n) is 3.71. The van der Waals surface area contributed by atoms with Gasteiger partial charge in [0.1, 0.15) is 0 Å². The second-order valence-corrected chi connectivity index (χ2v) is 3.71. The number of fused-ring (bicyclic) bond motifs is 1. The van der Waals surface area contributed by atoms with E-state index in [9.17, 15) is 9.59 Å². The van der Waals surface area contributed by atoms with E-state index in [0.717, 1.165) is 12.0 Å². The first-order chi connectivity index (χ1) is 7.67. The lowest BCUT2D eigenvalue weighted by Crippen LogP contribution is -2.34. The maximum atomic E-state index is 12.0. The molecule has 0 radical (unpaired) electrons. The quantitative estimate of drug-likeness (QED) is 0.825. The smallest absolute Gasteiger partial charge is 0.307 e. The van der Waals surface area contributed by atoms with Crippen LogP contribution in [0.5, 0.6) is 0 Å². The van der Waals surface area contributed by atoms with Gasteiger partial charge >= 0.3 is 5.69 Å². The van der Waals surface area contributed by atoms with Crippen molar-refractivity contribution in [3.05, 3.63) is 44.6 Å². The third-order valence-electron chi connectivity index (χ3n) is 2.77. The molecular formula is C12H14N2O2. The van der Waals surface area contributed by atoms with Crippen LogP contribution in [0.3, 0.4) is 0 Å². The highest BCUT2D eigenvalue weighted by molar-refractivity contribution is 5.77. The summed E-state index contributed by atoms with van der Waals surface area (Å²) < 4.78 is 1.21. The minimum atomic E-state index is -0.343. The van der Waals surface area contributed by atoms with Crippen LogP contribution in [0.4, 0.5) is 0 Å². The average molecular weight is 218 g/mol. The van der Waals surface area contributed by atoms with E-state index in [1.54, 1.807) is 13.0 Å². The molecule has 4 nitrogen and oxygen atoms in total. The summed E-state index contributed by atoms with van der Waals surface area (Å²) in [7, 11) is 0. The van der Waals surface area contributed by atoms with Gasteiger partial charge in [-0.25, -0.2) is 4.79 Å². The summed E-state index contributed by atoms with van der Waals surface area (Å²) in [5, 5.41) is 0.584. The topological polar surface area (TPSA) is 54.9 Å². The molecule has 0 spiro atoms. The molecule has 0 aliphatic rings. The van der Waals surface area contributed by atoms with E-state index in [0.29, 0.717) is 17.4 Å². The number of rotatable bonds is 2. The van der Waals surface area contributed by atoms with Crippen molar-refractivity contribution in [1.29, 1.82) is 0 Å². The van der Waals surface area contributed by atoms with E-state index in [2.05, 4.69) is 4.98 Å². The van der Waals surface area contributed by atoms with Crippen LogP contribution in [0.1, 0.15) is 19.4 Å². The van der Waals surface area contributed by atoms with E-state index >= 15 is 0 Å². The Hall–Kier alpha value is -1.84. The molecular weight excluding hydrogens is 204 g/mol. The monoisotopic (exact) mass is 218 g/mol. The molecule has 4 heteroatoms. The molecule has 0 saturated carbocycles. The zero-order valence-corrected chi connectivity index (χ0v) is 9.41. The lowest BCUT2D eigenvalue weighted by molar-refractivity contribution is 0.684. The van der Waals surface area contributed by atoms with Crippen LogP contribution < -0.4 is 11.2 Å². The van der Waals surface area contributed by atoms with Crippen LogP contribution in [-0.2, 0) is 13.0 Å². The Labute approximate surface area is 92.5 Å². The minimum absolute atomic E-state index is 0.212. The molecule has 1 heterocycles.